The standard InChI is InChI=1S/C23H27N3O2S/c1-22(2)16-23(13-14-28-22)20(24-17-9-6-5-7-10-17)25-21(29-4)26(23)18-11-8-12-19(15-18)27-3/h5-12,15H,13-14,16H2,1-4H3. The molecule has 1 unspecified atom stereocenters. The molecule has 5 nitrogen and oxygen atoms in total. The lowest BCUT2D eigenvalue weighted by Gasteiger charge is -2.47. The monoisotopic (exact) mass is 409 g/mol. The van der Waals surface area contributed by atoms with E-state index in [4.69, 9.17) is 19.5 Å². The first-order valence-corrected chi connectivity index (χ1v) is 11.1. The molecule has 0 amide bonds. The minimum absolute atomic E-state index is 0.268. The first kappa shape index (κ1) is 20.0. The number of anilines is 1. The van der Waals surface area contributed by atoms with Crippen LogP contribution in [0.3, 0.4) is 0 Å². The summed E-state index contributed by atoms with van der Waals surface area (Å²) in [5.74, 6) is 1.69. The van der Waals surface area contributed by atoms with Gasteiger partial charge in [0.15, 0.2) is 11.0 Å². The van der Waals surface area contributed by atoms with Gasteiger partial charge in [-0.15, -0.1) is 0 Å². The van der Waals surface area contributed by atoms with Gasteiger partial charge in [-0.2, -0.15) is 0 Å². The first-order chi connectivity index (χ1) is 14.0. The van der Waals surface area contributed by atoms with Gasteiger partial charge in [0.25, 0.3) is 0 Å². The molecule has 2 heterocycles. The number of benzene rings is 2. The Labute approximate surface area is 176 Å². The summed E-state index contributed by atoms with van der Waals surface area (Å²) in [6.07, 6.45) is 3.69. The summed E-state index contributed by atoms with van der Waals surface area (Å²) in [5, 5.41) is 0.950. The maximum atomic E-state index is 6.08. The molecule has 0 aliphatic carbocycles. The van der Waals surface area contributed by atoms with Gasteiger partial charge in [-0.25, -0.2) is 9.98 Å². The average molecular weight is 410 g/mol. The topological polar surface area (TPSA) is 46.4 Å². The largest absolute Gasteiger partial charge is 0.497 e. The molecule has 29 heavy (non-hydrogen) atoms. The highest BCUT2D eigenvalue weighted by Gasteiger charge is 2.54. The molecule has 6 heteroatoms. The number of ether oxygens (including phenoxy) is 2. The van der Waals surface area contributed by atoms with Crippen molar-refractivity contribution in [3.63, 3.8) is 0 Å². The number of thioether (sulfide) groups is 1. The number of hydrogen-bond acceptors (Lipinski definition) is 5. The Kier molecular flexibility index (Phi) is 5.40. The smallest absolute Gasteiger partial charge is 0.170 e. The Morgan fingerprint density at radius 1 is 1.14 bits per heavy atom. The van der Waals surface area contributed by atoms with E-state index >= 15 is 0 Å². The second kappa shape index (κ2) is 7.84. The minimum atomic E-state index is -0.359. The molecule has 1 spiro atoms. The molecule has 2 aromatic carbocycles. The maximum Gasteiger partial charge on any atom is 0.170 e. The van der Waals surface area contributed by atoms with E-state index in [1.807, 2.05) is 42.5 Å². The lowest BCUT2D eigenvalue weighted by atomic mass is 9.79. The number of rotatable bonds is 3. The lowest BCUT2D eigenvalue weighted by Crippen LogP contribution is -2.59. The summed E-state index contributed by atoms with van der Waals surface area (Å²) in [6.45, 7) is 4.96. The Hall–Kier alpha value is -2.31. The molecule has 2 aliphatic rings. The highest BCUT2D eigenvalue weighted by atomic mass is 32.2. The summed E-state index contributed by atoms with van der Waals surface area (Å²) < 4.78 is 11.6. The summed E-state index contributed by atoms with van der Waals surface area (Å²) in [7, 11) is 1.70. The summed E-state index contributed by atoms with van der Waals surface area (Å²) >= 11 is 1.64. The second-order valence-electron chi connectivity index (χ2n) is 7.97. The Morgan fingerprint density at radius 3 is 2.62 bits per heavy atom. The fraction of sp³-hybridized carbons (Fsp3) is 0.391. The summed E-state index contributed by atoms with van der Waals surface area (Å²) in [4.78, 5) is 12.4. The van der Waals surface area contributed by atoms with Crippen molar-refractivity contribution in [2.75, 3.05) is 24.9 Å². The minimum Gasteiger partial charge on any atom is -0.497 e. The van der Waals surface area contributed by atoms with Crippen LogP contribution >= 0.6 is 11.8 Å². The number of para-hydroxylation sites is 1. The van der Waals surface area contributed by atoms with Gasteiger partial charge in [-0.05, 0) is 44.4 Å². The molecule has 2 aliphatic heterocycles. The first-order valence-electron chi connectivity index (χ1n) is 9.83. The van der Waals surface area contributed by atoms with Crippen molar-refractivity contribution in [3.05, 3.63) is 54.6 Å². The molecule has 0 saturated carbocycles. The van der Waals surface area contributed by atoms with Crippen LogP contribution in [0, 0.1) is 0 Å². The third kappa shape index (κ3) is 3.79. The van der Waals surface area contributed by atoms with E-state index in [9.17, 15) is 0 Å². The van der Waals surface area contributed by atoms with E-state index in [1.54, 1.807) is 18.9 Å². The molecule has 152 valence electrons. The van der Waals surface area contributed by atoms with E-state index < -0.39 is 0 Å². The molecular weight excluding hydrogens is 382 g/mol. The van der Waals surface area contributed by atoms with Crippen LogP contribution in [0.15, 0.2) is 64.6 Å². The van der Waals surface area contributed by atoms with Crippen LogP contribution in [0.1, 0.15) is 26.7 Å². The van der Waals surface area contributed by atoms with Crippen molar-refractivity contribution >= 4 is 34.1 Å². The molecule has 1 fully saturated rings. The van der Waals surface area contributed by atoms with Crippen LogP contribution in [0.4, 0.5) is 11.4 Å². The Morgan fingerprint density at radius 2 is 1.93 bits per heavy atom. The Bertz CT molecular complexity index is 942. The van der Waals surface area contributed by atoms with E-state index in [0.717, 1.165) is 41.0 Å². The molecular formula is C23H27N3O2S. The predicted molar refractivity (Wildman–Crippen MR) is 122 cm³/mol. The van der Waals surface area contributed by atoms with Crippen LogP contribution in [-0.2, 0) is 4.74 Å². The number of hydrogen-bond donors (Lipinski definition) is 0. The van der Waals surface area contributed by atoms with Gasteiger partial charge >= 0.3 is 0 Å². The molecule has 0 radical (unpaired) electrons. The van der Waals surface area contributed by atoms with E-state index in [0.29, 0.717) is 6.61 Å². The van der Waals surface area contributed by atoms with Gasteiger partial charge in [-0.3, -0.25) is 0 Å². The second-order valence-corrected chi connectivity index (χ2v) is 8.75. The predicted octanol–water partition coefficient (Wildman–Crippen LogP) is 5.29. The SMILES string of the molecule is COc1cccc(N2C(SC)=NC(=Nc3ccccc3)C23CCOC(C)(C)C3)c1. The third-order valence-corrected chi connectivity index (χ3v) is 6.09. The number of amidine groups is 2. The van der Waals surface area contributed by atoms with Gasteiger partial charge in [0.1, 0.15) is 11.3 Å². The quantitative estimate of drug-likeness (QED) is 0.691. The molecule has 0 bridgehead atoms. The number of methoxy groups -OCH3 is 1. The van der Waals surface area contributed by atoms with E-state index in [-0.39, 0.29) is 11.1 Å². The Balaban J connectivity index is 1.88. The van der Waals surface area contributed by atoms with Crippen molar-refractivity contribution < 1.29 is 9.47 Å². The van der Waals surface area contributed by atoms with Crippen LogP contribution in [0.2, 0.25) is 0 Å². The van der Waals surface area contributed by atoms with Crippen molar-refractivity contribution in [2.45, 2.75) is 37.8 Å². The van der Waals surface area contributed by atoms with Crippen molar-refractivity contribution in [1.82, 2.24) is 0 Å². The van der Waals surface area contributed by atoms with Gasteiger partial charge in [0, 0.05) is 31.2 Å². The summed E-state index contributed by atoms with van der Waals surface area (Å²) in [5.41, 5.74) is 1.36. The van der Waals surface area contributed by atoms with Gasteiger partial charge in [0.2, 0.25) is 0 Å². The normalized spacial score (nSPS) is 24.8. The molecule has 2 aromatic rings. The van der Waals surface area contributed by atoms with Crippen LogP contribution < -0.4 is 9.64 Å². The van der Waals surface area contributed by atoms with Crippen LogP contribution in [-0.4, -0.2) is 42.1 Å². The summed E-state index contributed by atoms with van der Waals surface area (Å²) in [6, 6.07) is 18.2. The highest BCUT2D eigenvalue weighted by molar-refractivity contribution is 8.13. The highest BCUT2D eigenvalue weighted by Crippen LogP contribution is 2.46. The van der Waals surface area contributed by atoms with Crippen LogP contribution in [0.5, 0.6) is 5.75 Å². The van der Waals surface area contributed by atoms with Crippen LogP contribution in [0.25, 0.3) is 0 Å². The molecule has 1 atom stereocenters. The maximum absolute atomic E-state index is 6.08. The fourth-order valence-corrected chi connectivity index (χ4v) is 4.89. The molecule has 1 saturated heterocycles. The molecule has 0 aromatic heterocycles. The lowest BCUT2D eigenvalue weighted by molar-refractivity contribution is -0.0663. The van der Waals surface area contributed by atoms with Gasteiger partial charge in [0.05, 0.1) is 18.4 Å². The zero-order valence-corrected chi connectivity index (χ0v) is 18.2. The zero-order valence-electron chi connectivity index (χ0n) is 17.4. The van der Waals surface area contributed by atoms with E-state index in [1.165, 1.54) is 0 Å². The fourth-order valence-electron chi connectivity index (χ4n) is 4.25. The number of aliphatic imine (C=N–C) groups is 2. The molecule has 4 rings (SSSR count). The van der Waals surface area contributed by atoms with Crippen molar-refractivity contribution in [2.24, 2.45) is 9.98 Å². The van der Waals surface area contributed by atoms with Gasteiger partial charge < -0.3 is 14.4 Å². The average Bonchev–Trinajstić information content (AvgIpc) is 3.00. The van der Waals surface area contributed by atoms with Crippen molar-refractivity contribution in [3.8, 4) is 5.75 Å². The number of nitrogens with zero attached hydrogens (tertiary/aromatic N) is 3. The van der Waals surface area contributed by atoms with Crippen molar-refractivity contribution in [1.29, 1.82) is 0 Å². The van der Waals surface area contributed by atoms with E-state index in [2.05, 4.69) is 37.1 Å². The third-order valence-electron chi connectivity index (χ3n) is 5.45. The molecule has 0 N–H and O–H groups in total. The zero-order chi connectivity index (χ0) is 20.5. The van der Waals surface area contributed by atoms with Gasteiger partial charge in [-0.1, -0.05) is 36.0 Å².